The molecular formula is C18H9ClO2. The molecule has 4 rings (SSSR count). The number of carbonyl (C=O) groups excluding carboxylic acids is 2. The van der Waals surface area contributed by atoms with Crippen molar-refractivity contribution in [3.05, 3.63) is 71.3 Å². The van der Waals surface area contributed by atoms with Crippen LogP contribution in [-0.2, 0) is 0 Å². The van der Waals surface area contributed by atoms with Gasteiger partial charge in [-0.2, -0.15) is 0 Å². The van der Waals surface area contributed by atoms with E-state index in [1.165, 1.54) is 0 Å². The third kappa shape index (κ3) is 1.66. The van der Waals surface area contributed by atoms with Crippen molar-refractivity contribution >= 4 is 33.4 Å². The van der Waals surface area contributed by atoms with Gasteiger partial charge in [0.25, 0.3) is 5.24 Å². The first-order valence-corrected chi connectivity index (χ1v) is 6.95. The fourth-order valence-electron chi connectivity index (χ4n) is 3.00. The maximum Gasteiger partial charge on any atom is 0.252 e. The Bertz CT molecular complexity index is 941. The van der Waals surface area contributed by atoms with Crippen LogP contribution in [0.3, 0.4) is 0 Å². The van der Waals surface area contributed by atoms with Gasteiger partial charge >= 0.3 is 0 Å². The Morgan fingerprint density at radius 2 is 1.52 bits per heavy atom. The Hall–Kier alpha value is -2.45. The Labute approximate surface area is 126 Å². The van der Waals surface area contributed by atoms with Gasteiger partial charge in [-0.15, -0.1) is 0 Å². The predicted octanol–water partition coefficient (Wildman–Crippen LogP) is 4.43. The monoisotopic (exact) mass is 292 g/mol. The number of benzene rings is 3. The Morgan fingerprint density at radius 3 is 2.29 bits per heavy atom. The molecule has 0 aliphatic heterocycles. The molecule has 3 heteroatoms. The highest BCUT2D eigenvalue weighted by molar-refractivity contribution is 6.68. The molecule has 0 unspecified atom stereocenters. The second-order valence-corrected chi connectivity index (χ2v) is 5.42. The van der Waals surface area contributed by atoms with Crippen molar-refractivity contribution in [3.63, 3.8) is 0 Å². The molecular weight excluding hydrogens is 284 g/mol. The first-order valence-electron chi connectivity index (χ1n) is 6.57. The molecule has 2 nitrogen and oxygen atoms in total. The van der Waals surface area contributed by atoms with Crippen molar-refractivity contribution in [2.45, 2.75) is 0 Å². The minimum atomic E-state index is -0.493. The molecule has 1 aliphatic rings. The third-order valence-electron chi connectivity index (χ3n) is 3.91. The second kappa shape index (κ2) is 4.27. The van der Waals surface area contributed by atoms with Crippen LogP contribution in [0.1, 0.15) is 26.3 Å². The van der Waals surface area contributed by atoms with Crippen LogP contribution in [-0.4, -0.2) is 11.0 Å². The summed E-state index contributed by atoms with van der Waals surface area (Å²) in [7, 11) is 0. The minimum absolute atomic E-state index is 0.0219. The average molecular weight is 293 g/mol. The maximum atomic E-state index is 12.6. The Balaban J connectivity index is 2.23. The average Bonchev–Trinajstić information content (AvgIpc) is 2.51. The SMILES string of the molecule is O=C(Cl)c1cc2c3c(cccc3c1)C(=O)c1ccccc1-2. The highest BCUT2D eigenvalue weighted by atomic mass is 35.5. The number of carbonyl (C=O) groups is 2. The Kier molecular flexibility index (Phi) is 2.50. The molecule has 0 heterocycles. The van der Waals surface area contributed by atoms with Gasteiger partial charge in [-0.3, -0.25) is 9.59 Å². The van der Waals surface area contributed by atoms with E-state index in [-0.39, 0.29) is 5.78 Å². The molecule has 0 fully saturated rings. The molecule has 0 saturated heterocycles. The fourth-order valence-corrected chi connectivity index (χ4v) is 3.11. The van der Waals surface area contributed by atoms with Gasteiger partial charge in [0, 0.05) is 22.1 Å². The molecule has 0 saturated carbocycles. The summed E-state index contributed by atoms with van der Waals surface area (Å²) in [6.45, 7) is 0. The van der Waals surface area contributed by atoms with E-state index >= 15 is 0 Å². The molecule has 0 atom stereocenters. The zero-order chi connectivity index (χ0) is 14.6. The van der Waals surface area contributed by atoms with Crippen molar-refractivity contribution in [1.29, 1.82) is 0 Å². The predicted molar refractivity (Wildman–Crippen MR) is 83.0 cm³/mol. The van der Waals surface area contributed by atoms with Crippen LogP contribution in [0, 0.1) is 0 Å². The lowest BCUT2D eigenvalue weighted by Crippen LogP contribution is -2.10. The normalized spacial score (nSPS) is 12.3. The van der Waals surface area contributed by atoms with E-state index in [1.54, 1.807) is 12.1 Å². The van der Waals surface area contributed by atoms with Crippen molar-refractivity contribution in [2.24, 2.45) is 0 Å². The number of hydrogen-bond donors (Lipinski definition) is 0. The minimum Gasteiger partial charge on any atom is -0.289 e. The molecule has 0 radical (unpaired) electrons. The van der Waals surface area contributed by atoms with E-state index in [9.17, 15) is 9.59 Å². The molecule has 0 N–H and O–H groups in total. The van der Waals surface area contributed by atoms with Crippen molar-refractivity contribution in [1.82, 2.24) is 0 Å². The molecule has 0 amide bonds. The van der Waals surface area contributed by atoms with Gasteiger partial charge in [-0.25, -0.2) is 0 Å². The summed E-state index contributed by atoms with van der Waals surface area (Å²) >= 11 is 5.64. The first-order chi connectivity index (χ1) is 10.2. The first kappa shape index (κ1) is 12.3. The zero-order valence-electron chi connectivity index (χ0n) is 10.9. The number of fused-ring (bicyclic) bond motifs is 2. The van der Waals surface area contributed by atoms with Gasteiger partial charge in [0.15, 0.2) is 5.78 Å². The third-order valence-corrected chi connectivity index (χ3v) is 4.13. The molecule has 100 valence electrons. The van der Waals surface area contributed by atoms with Gasteiger partial charge in [-0.1, -0.05) is 42.5 Å². The summed E-state index contributed by atoms with van der Waals surface area (Å²) in [5.74, 6) is 0.0219. The van der Waals surface area contributed by atoms with Crippen LogP contribution >= 0.6 is 11.6 Å². The lowest BCUT2D eigenvalue weighted by atomic mass is 9.82. The van der Waals surface area contributed by atoms with Gasteiger partial charge in [0.2, 0.25) is 0 Å². The highest BCUT2D eigenvalue weighted by Crippen LogP contribution is 2.40. The number of halogens is 1. The molecule has 3 aromatic rings. The maximum absolute atomic E-state index is 12.6. The van der Waals surface area contributed by atoms with Crippen LogP contribution in [0.25, 0.3) is 21.9 Å². The van der Waals surface area contributed by atoms with Gasteiger partial charge in [-0.05, 0) is 40.2 Å². The standard InChI is InChI=1S/C18H9ClO2/c19-18(21)11-8-10-4-3-7-14-16(10)15(9-11)12-5-1-2-6-13(12)17(14)20/h1-9H. The lowest BCUT2D eigenvalue weighted by molar-refractivity contribution is 0.103. The van der Waals surface area contributed by atoms with Crippen LogP contribution in [0.5, 0.6) is 0 Å². The lowest BCUT2D eigenvalue weighted by Gasteiger charge is -2.20. The van der Waals surface area contributed by atoms with Gasteiger partial charge in [0.05, 0.1) is 0 Å². The molecule has 0 bridgehead atoms. The van der Waals surface area contributed by atoms with Crippen LogP contribution < -0.4 is 0 Å². The Morgan fingerprint density at radius 1 is 0.810 bits per heavy atom. The van der Waals surface area contributed by atoms with E-state index in [0.717, 1.165) is 21.9 Å². The largest absolute Gasteiger partial charge is 0.289 e. The highest BCUT2D eigenvalue weighted by Gasteiger charge is 2.25. The molecule has 0 aromatic heterocycles. The van der Waals surface area contributed by atoms with Crippen LogP contribution in [0.2, 0.25) is 0 Å². The number of rotatable bonds is 1. The van der Waals surface area contributed by atoms with Crippen molar-refractivity contribution < 1.29 is 9.59 Å². The van der Waals surface area contributed by atoms with Crippen LogP contribution in [0.4, 0.5) is 0 Å². The molecule has 21 heavy (non-hydrogen) atoms. The number of hydrogen-bond acceptors (Lipinski definition) is 2. The van der Waals surface area contributed by atoms with Crippen molar-refractivity contribution in [3.8, 4) is 11.1 Å². The summed E-state index contributed by atoms with van der Waals surface area (Å²) in [4.78, 5) is 24.2. The topological polar surface area (TPSA) is 34.1 Å². The zero-order valence-corrected chi connectivity index (χ0v) is 11.6. The smallest absolute Gasteiger partial charge is 0.252 e. The van der Waals surface area contributed by atoms with Gasteiger partial charge < -0.3 is 0 Å². The summed E-state index contributed by atoms with van der Waals surface area (Å²) in [5, 5.41) is 1.26. The second-order valence-electron chi connectivity index (χ2n) is 5.08. The van der Waals surface area contributed by atoms with E-state index in [0.29, 0.717) is 16.7 Å². The molecule has 0 spiro atoms. The fraction of sp³-hybridized carbons (Fsp3) is 0. The van der Waals surface area contributed by atoms with Crippen molar-refractivity contribution in [2.75, 3.05) is 0 Å². The van der Waals surface area contributed by atoms with E-state index < -0.39 is 5.24 Å². The van der Waals surface area contributed by atoms with E-state index in [2.05, 4.69) is 0 Å². The molecule has 1 aliphatic carbocycles. The summed E-state index contributed by atoms with van der Waals surface area (Å²) in [6, 6.07) is 16.5. The van der Waals surface area contributed by atoms with E-state index in [4.69, 9.17) is 11.6 Å². The summed E-state index contributed by atoms with van der Waals surface area (Å²) in [6.07, 6.45) is 0. The van der Waals surface area contributed by atoms with E-state index in [1.807, 2.05) is 42.5 Å². The van der Waals surface area contributed by atoms with Crippen LogP contribution in [0.15, 0.2) is 54.6 Å². The van der Waals surface area contributed by atoms with Gasteiger partial charge in [0.1, 0.15) is 0 Å². The summed E-state index contributed by atoms with van der Waals surface area (Å²) in [5.41, 5.74) is 3.53. The molecule has 3 aromatic carbocycles. The number of ketones is 1. The quantitative estimate of drug-likeness (QED) is 0.486. The summed E-state index contributed by atoms with van der Waals surface area (Å²) < 4.78 is 0.